The van der Waals surface area contributed by atoms with Crippen molar-refractivity contribution in [2.75, 3.05) is 0 Å². The summed E-state index contributed by atoms with van der Waals surface area (Å²) < 4.78 is 8.29. The minimum Gasteiger partial charge on any atom is -0.623 e. The van der Waals surface area contributed by atoms with Crippen molar-refractivity contribution in [1.29, 1.82) is 0 Å². The van der Waals surface area contributed by atoms with Crippen LogP contribution in [0, 0.1) is 26.0 Å². The first-order valence-electron chi connectivity index (χ1n) is 13.0. The third-order valence-corrected chi connectivity index (χ3v) is 5.81. The molecule has 0 bridgehead atoms. The van der Waals surface area contributed by atoms with Crippen molar-refractivity contribution in [2.24, 2.45) is 0 Å². The second kappa shape index (κ2) is 11.6. The average Bonchev–Trinajstić information content (AvgIpc) is 2.79. The highest BCUT2D eigenvalue weighted by molar-refractivity contribution is 5.96. The average molecular weight is 558 g/mol. The summed E-state index contributed by atoms with van der Waals surface area (Å²) in [6.07, 6.45) is 4.09. The maximum atomic E-state index is 13.2. The van der Waals surface area contributed by atoms with Gasteiger partial charge in [0.05, 0.1) is 22.8 Å². The van der Waals surface area contributed by atoms with Gasteiger partial charge in [0.25, 0.3) is 0 Å². The molecule has 12 nitrogen and oxygen atoms in total. The SMILES string of the molecule is Cc1nc(COC(=O)c2nc(C)c(/C=[N+](\[O-])C(C)(C)C)nc2/C=[N+](\O)C(C)(C)C)c(C)nc1/C=[N+](\O)C(C)(C)C. The van der Waals surface area contributed by atoms with Crippen molar-refractivity contribution < 1.29 is 34.2 Å². The lowest BCUT2D eigenvalue weighted by Crippen LogP contribution is -2.32. The number of rotatable bonds is 6. The normalized spacial score (nSPS) is 13.9. The molecule has 40 heavy (non-hydrogen) atoms. The van der Waals surface area contributed by atoms with Gasteiger partial charge in [-0.25, -0.2) is 24.5 Å². The van der Waals surface area contributed by atoms with Gasteiger partial charge in [0.2, 0.25) is 29.7 Å². The van der Waals surface area contributed by atoms with Gasteiger partial charge in [-0.15, -0.1) is 0 Å². The van der Waals surface area contributed by atoms with E-state index in [2.05, 4.69) is 19.9 Å². The molecule has 0 atom stereocenters. The zero-order chi connectivity index (χ0) is 30.8. The maximum Gasteiger partial charge on any atom is 0.359 e. The summed E-state index contributed by atoms with van der Waals surface area (Å²) >= 11 is 0. The molecule has 2 rings (SSSR count). The number of hydrogen-bond acceptors (Lipinski definition) is 9. The molecule has 2 aromatic heterocycles. The summed E-state index contributed by atoms with van der Waals surface area (Å²) in [6.45, 7) is 21.1. The minimum atomic E-state index is -0.783. The first-order valence-corrected chi connectivity index (χ1v) is 13.0. The second-order valence-corrected chi connectivity index (χ2v) is 12.6. The second-order valence-electron chi connectivity index (χ2n) is 12.6. The molecule has 0 saturated carbocycles. The van der Waals surface area contributed by atoms with Crippen LogP contribution in [0.3, 0.4) is 0 Å². The predicted molar refractivity (Wildman–Crippen MR) is 150 cm³/mol. The number of nitrogens with zero attached hydrogens (tertiary/aromatic N) is 7. The third kappa shape index (κ3) is 8.27. The Hall–Kier alpha value is -3.96. The van der Waals surface area contributed by atoms with Crippen LogP contribution in [-0.2, 0) is 11.3 Å². The number of ether oxygens (including phenoxy) is 1. The molecular formula is C28H43N7O5+2. The zero-order valence-corrected chi connectivity index (χ0v) is 25.7. The number of carbonyl (C=O) groups is 1. The van der Waals surface area contributed by atoms with Crippen LogP contribution < -0.4 is 0 Å². The number of carbonyl (C=O) groups excluding carboxylic acids is 1. The van der Waals surface area contributed by atoms with Gasteiger partial charge < -0.3 is 9.94 Å². The Balaban J connectivity index is 2.48. The Morgan fingerprint density at radius 1 is 0.725 bits per heavy atom. The molecule has 2 aromatic rings. The van der Waals surface area contributed by atoms with Gasteiger partial charge in [-0.2, -0.15) is 0 Å². The highest BCUT2D eigenvalue weighted by Gasteiger charge is 2.29. The minimum absolute atomic E-state index is 0.0377. The summed E-state index contributed by atoms with van der Waals surface area (Å²) in [5, 5.41) is 33.4. The Kier molecular flexibility index (Phi) is 9.39. The molecule has 0 unspecified atom stereocenters. The van der Waals surface area contributed by atoms with E-state index in [0.29, 0.717) is 28.5 Å². The molecule has 0 fully saturated rings. The summed E-state index contributed by atoms with van der Waals surface area (Å²) in [4.78, 5) is 31.1. The fraction of sp³-hybridized carbons (Fsp3) is 0.571. The highest BCUT2D eigenvalue weighted by Crippen LogP contribution is 2.15. The van der Waals surface area contributed by atoms with Crippen LogP contribution in [0.4, 0.5) is 0 Å². The van der Waals surface area contributed by atoms with Crippen LogP contribution in [0.25, 0.3) is 0 Å². The number of hydroxylamine groups is 3. The monoisotopic (exact) mass is 557 g/mol. The molecule has 0 spiro atoms. The van der Waals surface area contributed by atoms with E-state index >= 15 is 0 Å². The lowest BCUT2D eigenvalue weighted by molar-refractivity contribution is -0.816. The van der Waals surface area contributed by atoms with E-state index in [9.17, 15) is 20.4 Å². The van der Waals surface area contributed by atoms with E-state index in [1.165, 1.54) is 18.6 Å². The molecule has 12 heteroatoms. The van der Waals surface area contributed by atoms with Crippen LogP contribution in [-0.4, -0.2) is 85.8 Å². The fourth-order valence-corrected chi connectivity index (χ4v) is 2.96. The van der Waals surface area contributed by atoms with Crippen molar-refractivity contribution in [2.45, 2.75) is 106 Å². The lowest BCUT2D eigenvalue weighted by atomic mass is 10.1. The summed E-state index contributed by atoms with van der Waals surface area (Å²) in [7, 11) is 0. The van der Waals surface area contributed by atoms with Crippen LogP contribution in [0.1, 0.15) is 113 Å². The molecular weight excluding hydrogens is 514 g/mol. The molecule has 0 aliphatic heterocycles. The molecule has 0 aromatic carbocycles. The molecule has 0 aliphatic carbocycles. The molecule has 0 radical (unpaired) electrons. The van der Waals surface area contributed by atoms with Crippen molar-refractivity contribution >= 4 is 24.6 Å². The van der Waals surface area contributed by atoms with Gasteiger partial charge in [-0.1, -0.05) is 0 Å². The lowest BCUT2D eigenvalue weighted by Gasteiger charge is -2.18. The smallest absolute Gasteiger partial charge is 0.359 e. The van der Waals surface area contributed by atoms with Gasteiger partial charge in [0, 0.05) is 62.3 Å². The van der Waals surface area contributed by atoms with Gasteiger partial charge in [-0.05, 0) is 30.2 Å². The van der Waals surface area contributed by atoms with Crippen LogP contribution in [0.5, 0.6) is 0 Å². The zero-order valence-electron chi connectivity index (χ0n) is 25.7. The Bertz CT molecular complexity index is 1380. The summed E-state index contributed by atoms with van der Waals surface area (Å²) in [5.74, 6) is -0.783. The topological polar surface area (TPSA) is 150 Å². The van der Waals surface area contributed by atoms with E-state index in [0.717, 1.165) is 14.2 Å². The Morgan fingerprint density at radius 3 is 1.70 bits per heavy atom. The van der Waals surface area contributed by atoms with Gasteiger partial charge >= 0.3 is 5.97 Å². The summed E-state index contributed by atoms with van der Waals surface area (Å²) in [6, 6.07) is 0. The Morgan fingerprint density at radius 2 is 1.20 bits per heavy atom. The van der Waals surface area contributed by atoms with Crippen molar-refractivity contribution in [1.82, 2.24) is 19.9 Å². The van der Waals surface area contributed by atoms with E-state index < -0.39 is 22.6 Å². The van der Waals surface area contributed by atoms with Gasteiger partial charge in [0.1, 0.15) is 12.3 Å². The standard InChI is InChI=1S/C28H43N7O5/c1-17-20(13-33(37)26(4,5)6)29-19(3)23(30-17)16-40-25(36)24-22(15-35(39)28(10,11)12)32-21(18(2)31-24)14-34(38)27(7,8)9/h13-15,37,39H,16H2,1-12H3/q+2/b34-14-. The predicted octanol–water partition coefficient (Wildman–Crippen LogP) is 3.51. The highest BCUT2D eigenvalue weighted by atomic mass is 16.5. The molecule has 0 amide bonds. The maximum absolute atomic E-state index is 13.2. The molecule has 218 valence electrons. The van der Waals surface area contributed by atoms with Crippen LogP contribution >= 0.6 is 0 Å². The van der Waals surface area contributed by atoms with E-state index in [1.807, 2.05) is 20.8 Å². The van der Waals surface area contributed by atoms with Gasteiger partial charge in [0.15, 0.2) is 22.6 Å². The summed E-state index contributed by atoms with van der Waals surface area (Å²) in [5.41, 5.74) is 0.579. The van der Waals surface area contributed by atoms with E-state index in [-0.39, 0.29) is 23.7 Å². The van der Waals surface area contributed by atoms with E-state index in [4.69, 9.17) is 4.74 Å². The van der Waals surface area contributed by atoms with Crippen molar-refractivity contribution in [3.63, 3.8) is 0 Å². The van der Waals surface area contributed by atoms with E-state index in [1.54, 1.807) is 62.3 Å². The van der Waals surface area contributed by atoms with Crippen molar-refractivity contribution in [3.8, 4) is 0 Å². The van der Waals surface area contributed by atoms with Crippen LogP contribution in [0.2, 0.25) is 0 Å². The Labute approximate surface area is 236 Å². The first-order chi connectivity index (χ1) is 18.1. The third-order valence-electron chi connectivity index (χ3n) is 5.81. The largest absolute Gasteiger partial charge is 0.623 e. The molecule has 0 saturated heterocycles. The molecule has 0 aliphatic rings. The number of aryl methyl sites for hydroxylation is 3. The van der Waals surface area contributed by atoms with Crippen molar-refractivity contribution in [3.05, 3.63) is 50.8 Å². The number of aromatic nitrogens is 4. The quantitative estimate of drug-likeness (QED) is 0.136. The molecule has 2 N–H and O–H groups in total. The van der Waals surface area contributed by atoms with Crippen LogP contribution in [0.15, 0.2) is 0 Å². The first kappa shape index (κ1) is 32.3. The fourth-order valence-electron chi connectivity index (χ4n) is 2.96. The molecule has 2 heterocycles. The number of hydrogen-bond donors (Lipinski definition) is 2. The van der Waals surface area contributed by atoms with Gasteiger partial charge in [-0.3, -0.25) is 15.4 Å². The number of esters is 1.